The van der Waals surface area contributed by atoms with Gasteiger partial charge in [0.05, 0.1) is 6.54 Å². The van der Waals surface area contributed by atoms with Gasteiger partial charge in [0.25, 0.3) is 5.91 Å². The van der Waals surface area contributed by atoms with Gasteiger partial charge in [-0.3, -0.25) is 14.9 Å². The van der Waals surface area contributed by atoms with Crippen LogP contribution in [-0.2, 0) is 11.3 Å². The topological polar surface area (TPSA) is 97.4 Å². The van der Waals surface area contributed by atoms with E-state index in [9.17, 15) is 14.0 Å². The van der Waals surface area contributed by atoms with E-state index in [0.717, 1.165) is 0 Å². The summed E-state index contributed by atoms with van der Waals surface area (Å²) in [5.74, 6) is 0.763. The van der Waals surface area contributed by atoms with Crippen LogP contribution in [0.1, 0.15) is 23.2 Å². The zero-order valence-corrected chi connectivity index (χ0v) is 16.6. The van der Waals surface area contributed by atoms with Gasteiger partial charge in [-0.1, -0.05) is 0 Å². The summed E-state index contributed by atoms with van der Waals surface area (Å²) in [6.45, 7) is 1.72. The Morgan fingerprint density at radius 3 is 2.57 bits per heavy atom. The summed E-state index contributed by atoms with van der Waals surface area (Å²) in [6.07, 6.45) is 0. The molecule has 0 fully saturated rings. The predicted molar refractivity (Wildman–Crippen MR) is 109 cm³/mol. The van der Waals surface area contributed by atoms with Crippen LogP contribution in [0.4, 0.5) is 9.52 Å². The third-order valence-corrected chi connectivity index (χ3v) is 4.87. The number of benzene rings is 1. The Bertz CT molecular complexity index is 1190. The minimum atomic E-state index is -0.449. The second kappa shape index (κ2) is 8.34. The summed E-state index contributed by atoms with van der Waals surface area (Å²) >= 11 is 1.24. The predicted octanol–water partition coefficient (Wildman–Crippen LogP) is 4.69. The van der Waals surface area contributed by atoms with Gasteiger partial charge in [-0.05, 0) is 48.5 Å². The van der Waals surface area contributed by atoms with Crippen molar-refractivity contribution in [1.82, 2.24) is 10.3 Å². The fourth-order valence-electron chi connectivity index (χ4n) is 2.65. The van der Waals surface area contributed by atoms with Crippen molar-refractivity contribution in [3.8, 4) is 22.8 Å². The van der Waals surface area contributed by atoms with Crippen LogP contribution in [0, 0.1) is 5.82 Å². The molecule has 7 nitrogen and oxygen atoms in total. The molecule has 0 aliphatic heterocycles. The molecule has 0 atom stereocenters. The molecule has 9 heteroatoms. The summed E-state index contributed by atoms with van der Waals surface area (Å²) < 4.78 is 24.3. The highest BCUT2D eigenvalue weighted by molar-refractivity contribution is 7.14. The van der Waals surface area contributed by atoms with E-state index in [1.807, 2.05) is 0 Å². The number of rotatable bonds is 6. The highest BCUT2D eigenvalue weighted by atomic mass is 32.1. The van der Waals surface area contributed by atoms with Gasteiger partial charge in [-0.25, -0.2) is 9.37 Å². The first-order chi connectivity index (χ1) is 14.5. The number of furan rings is 2. The van der Waals surface area contributed by atoms with Crippen LogP contribution >= 0.6 is 11.3 Å². The van der Waals surface area contributed by atoms with Crippen molar-refractivity contribution in [3.05, 3.63) is 71.2 Å². The maximum atomic E-state index is 13.1. The van der Waals surface area contributed by atoms with Crippen molar-refractivity contribution in [2.24, 2.45) is 0 Å². The Hall–Kier alpha value is -3.72. The molecule has 0 radical (unpaired) electrons. The SMILES string of the molecule is CC(=O)NCc1ccc(-c2csc(NC(=O)c3ccc(-c4ccc(F)cc4)o3)n2)o1. The molecule has 4 rings (SSSR count). The lowest BCUT2D eigenvalue weighted by Crippen LogP contribution is -2.18. The Morgan fingerprint density at radius 1 is 1.03 bits per heavy atom. The van der Waals surface area contributed by atoms with Crippen molar-refractivity contribution in [2.75, 3.05) is 5.32 Å². The molecule has 0 aliphatic rings. The highest BCUT2D eigenvalue weighted by Crippen LogP contribution is 2.28. The lowest BCUT2D eigenvalue weighted by atomic mass is 10.2. The molecule has 4 aromatic rings. The Morgan fingerprint density at radius 2 is 1.80 bits per heavy atom. The molecule has 2 amide bonds. The minimum absolute atomic E-state index is 0.113. The Kier molecular flexibility index (Phi) is 5.44. The smallest absolute Gasteiger partial charge is 0.293 e. The van der Waals surface area contributed by atoms with E-state index in [1.165, 1.54) is 30.4 Å². The van der Waals surface area contributed by atoms with Gasteiger partial charge >= 0.3 is 0 Å². The first-order valence-electron chi connectivity index (χ1n) is 8.94. The van der Waals surface area contributed by atoms with Crippen LogP contribution in [-0.4, -0.2) is 16.8 Å². The number of amides is 2. The molecule has 2 N–H and O–H groups in total. The number of aromatic nitrogens is 1. The highest BCUT2D eigenvalue weighted by Gasteiger charge is 2.16. The molecule has 0 bridgehead atoms. The summed E-state index contributed by atoms with van der Waals surface area (Å²) in [6, 6.07) is 12.5. The molecule has 30 heavy (non-hydrogen) atoms. The molecule has 1 aromatic carbocycles. The van der Waals surface area contributed by atoms with Crippen molar-refractivity contribution in [3.63, 3.8) is 0 Å². The van der Waals surface area contributed by atoms with E-state index in [-0.39, 0.29) is 24.0 Å². The van der Waals surface area contributed by atoms with Gasteiger partial charge in [0.1, 0.15) is 23.0 Å². The number of hydrogen-bond donors (Lipinski definition) is 2. The van der Waals surface area contributed by atoms with Crippen LogP contribution in [0.2, 0.25) is 0 Å². The first kappa shape index (κ1) is 19.6. The number of carbonyl (C=O) groups is 2. The van der Waals surface area contributed by atoms with Crippen LogP contribution in [0.3, 0.4) is 0 Å². The summed E-state index contributed by atoms with van der Waals surface area (Å²) in [5, 5.41) is 7.48. The lowest BCUT2D eigenvalue weighted by molar-refractivity contribution is -0.119. The standard InChI is InChI=1S/C21H16FN3O4S/c1-12(26)23-10-15-6-7-18(28-15)16-11-30-21(24-16)25-20(27)19-9-8-17(29-19)13-2-4-14(22)5-3-13/h2-9,11H,10H2,1H3,(H,23,26)(H,24,25,27). The quantitative estimate of drug-likeness (QED) is 0.467. The molecular formula is C21H16FN3O4S. The zero-order chi connectivity index (χ0) is 21.1. The summed E-state index contributed by atoms with van der Waals surface area (Å²) in [7, 11) is 0. The number of thiazole rings is 1. The summed E-state index contributed by atoms with van der Waals surface area (Å²) in [5.41, 5.74) is 1.23. The number of halogens is 1. The van der Waals surface area contributed by atoms with Crippen molar-refractivity contribution >= 4 is 28.3 Å². The van der Waals surface area contributed by atoms with Crippen molar-refractivity contribution in [2.45, 2.75) is 13.5 Å². The maximum absolute atomic E-state index is 13.1. The molecule has 3 heterocycles. The normalized spacial score (nSPS) is 10.7. The largest absolute Gasteiger partial charge is 0.458 e. The van der Waals surface area contributed by atoms with E-state index in [4.69, 9.17) is 8.83 Å². The molecule has 0 unspecified atom stereocenters. The molecular weight excluding hydrogens is 409 g/mol. The van der Waals surface area contributed by atoms with Crippen LogP contribution in [0.15, 0.2) is 62.7 Å². The molecule has 0 saturated heterocycles. The van der Waals surface area contributed by atoms with Gasteiger partial charge in [-0.2, -0.15) is 0 Å². The van der Waals surface area contributed by atoms with Gasteiger partial charge in [0.15, 0.2) is 16.7 Å². The fourth-order valence-corrected chi connectivity index (χ4v) is 3.35. The number of nitrogens with zero attached hydrogens (tertiary/aromatic N) is 1. The van der Waals surface area contributed by atoms with Gasteiger partial charge in [-0.15, -0.1) is 11.3 Å². The van der Waals surface area contributed by atoms with Gasteiger partial charge in [0.2, 0.25) is 5.91 Å². The van der Waals surface area contributed by atoms with Crippen molar-refractivity contribution < 1.29 is 22.8 Å². The Balaban J connectivity index is 1.42. The monoisotopic (exact) mass is 425 g/mol. The van der Waals surface area contributed by atoms with Gasteiger partial charge in [0, 0.05) is 17.9 Å². The summed E-state index contributed by atoms with van der Waals surface area (Å²) in [4.78, 5) is 27.8. The zero-order valence-electron chi connectivity index (χ0n) is 15.8. The average molecular weight is 425 g/mol. The second-order valence-corrected chi connectivity index (χ2v) is 7.20. The lowest BCUT2D eigenvalue weighted by Gasteiger charge is -1.99. The molecule has 152 valence electrons. The van der Waals surface area contributed by atoms with Crippen LogP contribution in [0.5, 0.6) is 0 Å². The van der Waals surface area contributed by atoms with E-state index < -0.39 is 5.91 Å². The molecule has 0 saturated carbocycles. The number of hydrogen-bond acceptors (Lipinski definition) is 6. The maximum Gasteiger partial charge on any atom is 0.293 e. The first-order valence-corrected chi connectivity index (χ1v) is 9.82. The number of anilines is 1. The van der Waals surface area contributed by atoms with Crippen LogP contribution in [0.25, 0.3) is 22.8 Å². The molecule has 0 spiro atoms. The fraction of sp³-hybridized carbons (Fsp3) is 0.0952. The van der Waals surface area contributed by atoms with E-state index >= 15 is 0 Å². The minimum Gasteiger partial charge on any atom is -0.458 e. The number of carbonyl (C=O) groups excluding carboxylic acids is 2. The molecule has 0 aliphatic carbocycles. The third kappa shape index (κ3) is 4.47. The van der Waals surface area contributed by atoms with E-state index in [1.54, 1.807) is 41.8 Å². The van der Waals surface area contributed by atoms with Gasteiger partial charge < -0.3 is 14.2 Å². The Labute approximate surface area is 174 Å². The second-order valence-electron chi connectivity index (χ2n) is 6.34. The number of nitrogens with one attached hydrogen (secondary N) is 2. The van der Waals surface area contributed by atoms with Crippen molar-refractivity contribution in [1.29, 1.82) is 0 Å². The van der Waals surface area contributed by atoms with E-state index in [0.29, 0.717) is 33.7 Å². The van der Waals surface area contributed by atoms with E-state index in [2.05, 4.69) is 15.6 Å². The third-order valence-electron chi connectivity index (χ3n) is 4.11. The van der Waals surface area contributed by atoms with Crippen LogP contribution < -0.4 is 10.6 Å². The molecule has 3 aromatic heterocycles. The average Bonchev–Trinajstić information content (AvgIpc) is 3.47.